The van der Waals surface area contributed by atoms with Crippen LogP contribution in [0.2, 0.25) is 0 Å². The van der Waals surface area contributed by atoms with Gasteiger partial charge in [0.15, 0.2) is 6.29 Å². The lowest BCUT2D eigenvalue weighted by molar-refractivity contribution is -0.274. The number of ether oxygens (including phenoxy) is 1. The summed E-state index contributed by atoms with van der Waals surface area (Å²) in [5.74, 6) is -0.385. The summed E-state index contributed by atoms with van der Waals surface area (Å²) in [7, 11) is 0. The van der Waals surface area contributed by atoms with E-state index in [1.54, 1.807) is 6.07 Å². The number of hydrogen-bond donors (Lipinski definition) is 0. The summed E-state index contributed by atoms with van der Waals surface area (Å²) in [6, 6.07) is 5.58. The largest absolute Gasteiger partial charge is 0.573 e. The average molecular weight is 284 g/mol. The molecule has 1 aromatic heterocycles. The minimum atomic E-state index is -4.80. The van der Waals surface area contributed by atoms with Gasteiger partial charge in [0.1, 0.15) is 11.4 Å². The van der Waals surface area contributed by atoms with Crippen LogP contribution < -0.4 is 4.74 Å². The molecule has 0 unspecified atom stereocenters. The maximum absolute atomic E-state index is 12.4. The number of carbonyl (C=O) groups excluding carboxylic acids is 1. The van der Waals surface area contributed by atoms with Crippen LogP contribution in [0.1, 0.15) is 17.3 Å². The molecule has 106 valence electrons. The van der Waals surface area contributed by atoms with E-state index in [1.807, 2.05) is 6.92 Å². The first kappa shape index (κ1) is 14.1. The monoisotopic (exact) mass is 284 g/mol. The lowest BCUT2D eigenvalue weighted by atomic mass is 10.1. The zero-order valence-electron chi connectivity index (χ0n) is 10.5. The van der Waals surface area contributed by atoms with Crippen molar-refractivity contribution < 1.29 is 22.7 Å². The van der Waals surface area contributed by atoms with Gasteiger partial charge in [-0.25, -0.2) is 0 Å². The molecule has 0 fully saturated rings. The predicted octanol–water partition coefficient (Wildman–Crippen LogP) is 3.28. The molecule has 7 heteroatoms. The Labute approximate surface area is 112 Å². The number of para-hydroxylation sites is 1. The van der Waals surface area contributed by atoms with Crippen LogP contribution in [-0.2, 0) is 6.54 Å². The number of nitrogens with zero attached hydrogens (tertiary/aromatic N) is 2. The minimum Gasteiger partial charge on any atom is -0.405 e. The lowest BCUT2D eigenvalue weighted by Crippen LogP contribution is -2.17. The molecule has 0 aliphatic heterocycles. The van der Waals surface area contributed by atoms with Crippen molar-refractivity contribution in [3.05, 3.63) is 36.0 Å². The number of aryl methyl sites for hydroxylation is 1. The van der Waals surface area contributed by atoms with Gasteiger partial charge in [0, 0.05) is 18.3 Å². The van der Waals surface area contributed by atoms with Crippen LogP contribution in [0.3, 0.4) is 0 Å². The van der Waals surface area contributed by atoms with Gasteiger partial charge in [-0.1, -0.05) is 12.1 Å². The minimum absolute atomic E-state index is 0.124. The second kappa shape index (κ2) is 5.36. The van der Waals surface area contributed by atoms with E-state index < -0.39 is 6.36 Å². The van der Waals surface area contributed by atoms with E-state index in [0.717, 1.165) is 0 Å². The standard InChI is InChI=1S/C13H11F3N2O2/c1-2-18-7-9(8-19)12(17-18)10-5-3-4-6-11(10)20-13(14,15)16/h3-8H,2H2,1H3. The Morgan fingerprint density at radius 3 is 2.65 bits per heavy atom. The summed E-state index contributed by atoms with van der Waals surface area (Å²) in [5.41, 5.74) is 0.505. The average Bonchev–Trinajstić information content (AvgIpc) is 2.80. The highest BCUT2D eigenvalue weighted by atomic mass is 19.4. The highest BCUT2D eigenvalue weighted by Gasteiger charge is 2.32. The molecular formula is C13H11F3N2O2. The number of halogens is 3. The van der Waals surface area contributed by atoms with Gasteiger partial charge < -0.3 is 4.74 Å². The van der Waals surface area contributed by atoms with Gasteiger partial charge in [-0.05, 0) is 19.1 Å². The maximum atomic E-state index is 12.4. The van der Waals surface area contributed by atoms with Gasteiger partial charge in [-0.15, -0.1) is 13.2 Å². The third-order valence-corrected chi connectivity index (χ3v) is 2.61. The molecule has 0 bridgehead atoms. The second-order valence-corrected chi connectivity index (χ2v) is 3.95. The van der Waals surface area contributed by atoms with Crippen LogP contribution in [0.25, 0.3) is 11.3 Å². The number of alkyl halides is 3. The predicted molar refractivity (Wildman–Crippen MR) is 65.4 cm³/mol. The van der Waals surface area contributed by atoms with Crippen LogP contribution in [0.5, 0.6) is 5.75 Å². The first-order valence-corrected chi connectivity index (χ1v) is 5.82. The van der Waals surface area contributed by atoms with E-state index in [-0.39, 0.29) is 22.6 Å². The number of aromatic nitrogens is 2. The molecule has 2 aromatic rings. The summed E-state index contributed by atoms with van der Waals surface area (Å²) < 4.78 is 42.6. The molecule has 2 rings (SSSR count). The van der Waals surface area contributed by atoms with Gasteiger partial charge in [0.2, 0.25) is 0 Å². The zero-order valence-corrected chi connectivity index (χ0v) is 10.5. The Morgan fingerprint density at radius 1 is 1.35 bits per heavy atom. The van der Waals surface area contributed by atoms with Gasteiger partial charge in [-0.3, -0.25) is 9.48 Å². The van der Waals surface area contributed by atoms with Crippen molar-refractivity contribution in [2.24, 2.45) is 0 Å². The number of rotatable bonds is 4. The third kappa shape index (κ3) is 2.98. The summed E-state index contributed by atoms with van der Waals surface area (Å²) in [6.45, 7) is 2.31. The van der Waals surface area contributed by atoms with E-state index in [0.29, 0.717) is 12.8 Å². The fourth-order valence-electron chi connectivity index (χ4n) is 1.77. The number of benzene rings is 1. The molecule has 0 radical (unpaired) electrons. The summed E-state index contributed by atoms with van der Waals surface area (Å²) in [6.07, 6.45) is -2.77. The van der Waals surface area contributed by atoms with Crippen LogP contribution in [-0.4, -0.2) is 22.4 Å². The van der Waals surface area contributed by atoms with E-state index in [4.69, 9.17) is 0 Å². The quantitative estimate of drug-likeness (QED) is 0.809. The molecule has 4 nitrogen and oxygen atoms in total. The highest BCUT2D eigenvalue weighted by molar-refractivity contribution is 5.87. The Balaban J connectivity index is 2.52. The van der Waals surface area contributed by atoms with Gasteiger partial charge >= 0.3 is 6.36 Å². The van der Waals surface area contributed by atoms with Crippen molar-refractivity contribution in [3.63, 3.8) is 0 Å². The molecule has 0 saturated carbocycles. The van der Waals surface area contributed by atoms with Crippen molar-refractivity contribution in [1.29, 1.82) is 0 Å². The number of hydrogen-bond acceptors (Lipinski definition) is 3. The molecule has 1 heterocycles. The van der Waals surface area contributed by atoms with Crippen LogP contribution in [0.15, 0.2) is 30.5 Å². The Hall–Kier alpha value is -2.31. The van der Waals surface area contributed by atoms with E-state index >= 15 is 0 Å². The Morgan fingerprint density at radius 2 is 2.05 bits per heavy atom. The molecule has 20 heavy (non-hydrogen) atoms. The molecule has 1 aromatic carbocycles. The molecule has 0 spiro atoms. The van der Waals surface area contributed by atoms with Crippen molar-refractivity contribution in [2.75, 3.05) is 0 Å². The Kier molecular flexibility index (Phi) is 3.78. The van der Waals surface area contributed by atoms with Crippen molar-refractivity contribution in [2.45, 2.75) is 19.8 Å². The summed E-state index contributed by atoms with van der Waals surface area (Å²) in [4.78, 5) is 11.0. The van der Waals surface area contributed by atoms with Gasteiger partial charge in [-0.2, -0.15) is 5.10 Å². The van der Waals surface area contributed by atoms with Crippen LogP contribution in [0, 0.1) is 0 Å². The topological polar surface area (TPSA) is 44.1 Å². The fourth-order valence-corrected chi connectivity index (χ4v) is 1.77. The zero-order chi connectivity index (χ0) is 14.8. The van der Waals surface area contributed by atoms with Crippen LogP contribution >= 0.6 is 0 Å². The van der Waals surface area contributed by atoms with Gasteiger partial charge in [0.25, 0.3) is 0 Å². The maximum Gasteiger partial charge on any atom is 0.573 e. The molecule has 0 aliphatic rings. The number of aldehydes is 1. The molecule has 0 aliphatic carbocycles. The number of carbonyl (C=O) groups is 1. The highest BCUT2D eigenvalue weighted by Crippen LogP contribution is 2.34. The summed E-state index contributed by atoms with van der Waals surface area (Å²) >= 11 is 0. The van der Waals surface area contributed by atoms with Crippen LogP contribution in [0.4, 0.5) is 13.2 Å². The third-order valence-electron chi connectivity index (χ3n) is 2.61. The van der Waals surface area contributed by atoms with E-state index in [9.17, 15) is 18.0 Å². The second-order valence-electron chi connectivity index (χ2n) is 3.95. The van der Waals surface area contributed by atoms with E-state index in [1.165, 1.54) is 29.1 Å². The smallest absolute Gasteiger partial charge is 0.405 e. The fraction of sp³-hybridized carbons (Fsp3) is 0.231. The van der Waals surface area contributed by atoms with Gasteiger partial charge in [0.05, 0.1) is 5.56 Å². The van der Waals surface area contributed by atoms with Crippen molar-refractivity contribution in [3.8, 4) is 17.0 Å². The molecule has 0 atom stereocenters. The molecular weight excluding hydrogens is 273 g/mol. The Bertz CT molecular complexity index is 620. The lowest BCUT2D eigenvalue weighted by Gasteiger charge is -2.12. The first-order chi connectivity index (χ1) is 9.44. The van der Waals surface area contributed by atoms with Crippen molar-refractivity contribution in [1.82, 2.24) is 9.78 Å². The van der Waals surface area contributed by atoms with E-state index in [2.05, 4.69) is 9.84 Å². The SMILES string of the molecule is CCn1cc(C=O)c(-c2ccccc2OC(F)(F)F)n1. The molecule has 0 saturated heterocycles. The molecule has 0 amide bonds. The normalized spacial score (nSPS) is 11.4. The first-order valence-electron chi connectivity index (χ1n) is 5.82. The molecule has 0 N–H and O–H groups in total. The van der Waals surface area contributed by atoms with Crippen molar-refractivity contribution >= 4 is 6.29 Å². The summed E-state index contributed by atoms with van der Waals surface area (Å²) in [5, 5.41) is 4.10.